The molecular weight excluding hydrogens is 328 g/mol. The molecule has 0 saturated carbocycles. The van der Waals surface area contributed by atoms with Crippen LogP contribution in [0.25, 0.3) is 0 Å². The summed E-state index contributed by atoms with van der Waals surface area (Å²) in [6, 6.07) is 0. The summed E-state index contributed by atoms with van der Waals surface area (Å²) in [5.74, 6) is 0. The molecule has 0 aliphatic carbocycles. The van der Waals surface area contributed by atoms with E-state index in [-0.39, 0.29) is 0 Å². The second-order valence-corrected chi connectivity index (χ2v) is 36.2. The fraction of sp³-hybridized carbons (Fsp3) is 1.00. The van der Waals surface area contributed by atoms with Crippen molar-refractivity contribution < 1.29 is 6.51 Å². The Morgan fingerprint density at radius 2 is 1.28 bits per heavy atom. The standard InChI is InChI=1S/C11H16Br.C5H5.Fe/c12-10-6-2-1-3-7-11-8-4-5-9-11;1-2-4-5-3-1;/h4-5,8-9H,1-3,6-7,10H2;1-5H;. The van der Waals surface area contributed by atoms with E-state index in [1.165, 1.54) is 22.5 Å². The Morgan fingerprint density at radius 1 is 0.722 bits per heavy atom. The third kappa shape index (κ3) is 0.0883. The molecule has 2 heteroatoms. The number of alkyl halides is 1. The topological polar surface area (TPSA) is 0 Å². The van der Waals surface area contributed by atoms with Gasteiger partial charge in [-0.15, -0.1) is 0 Å². The molecule has 18 heavy (non-hydrogen) atoms. The van der Waals surface area contributed by atoms with E-state index in [2.05, 4.69) is 15.9 Å². The summed E-state index contributed by atoms with van der Waals surface area (Å²) in [6.07, 6.45) is 7.89. The fourth-order valence-electron chi connectivity index (χ4n) is 18.2. The van der Waals surface area contributed by atoms with Crippen LogP contribution in [0.15, 0.2) is 0 Å². The zero-order valence-corrected chi connectivity index (χ0v) is 13.4. The Morgan fingerprint density at radius 3 is 1.67 bits per heavy atom. The maximum absolute atomic E-state index is 3.58. The molecule has 0 aromatic heterocycles. The third-order valence-electron chi connectivity index (χ3n) is 16.4. The van der Waals surface area contributed by atoms with Gasteiger partial charge in [0.25, 0.3) is 0 Å². The van der Waals surface area contributed by atoms with Crippen LogP contribution in [0.5, 0.6) is 0 Å². The maximum atomic E-state index is 3.58. The van der Waals surface area contributed by atoms with Crippen molar-refractivity contribution in [2.75, 3.05) is 5.33 Å². The number of hydrogen-bond donors (Lipinski definition) is 0. The molecule has 10 saturated heterocycles. The summed E-state index contributed by atoms with van der Waals surface area (Å²) in [5.41, 5.74) is 0. The van der Waals surface area contributed by atoms with E-state index >= 15 is 0 Å². The average molecular weight is 349 g/mol. The first-order chi connectivity index (χ1) is 8.61. The minimum atomic E-state index is -2.63. The molecule has 100 valence electrons. The van der Waals surface area contributed by atoms with Crippen LogP contribution in [-0.2, 0) is 6.51 Å². The third-order valence-corrected chi connectivity index (χ3v) is 60.0. The Balaban J connectivity index is 1.19. The van der Waals surface area contributed by atoms with Crippen LogP contribution in [0.4, 0.5) is 0 Å². The van der Waals surface area contributed by atoms with Gasteiger partial charge in [-0.3, -0.25) is 0 Å². The first kappa shape index (κ1) is 7.85. The van der Waals surface area contributed by atoms with Gasteiger partial charge in [-0.2, -0.15) is 0 Å². The number of rotatable bonds is 6. The van der Waals surface area contributed by atoms with E-state index < -0.39 is 6.51 Å². The Kier molecular flexibility index (Phi) is 0.314. The van der Waals surface area contributed by atoms with Crippen LogP contribution in [0, 0.1) is 0 Å². The van der Waals surface area contributed by atoms with Gasteiger partial charge >= 0.3 is 108 Å². The molecule has 10 rings (SSSR count). The van der Waals surface area contributed by atoms with Gasteiger partial charge in [0.15, 0.2) is 0 Å². The Hall–Kier alpha value is 0.999. The summed E-state index contributed by atoms with van der Waals surface area (Å²) in [5, 5.41) is 1.23. The second-order valence-electron chi connectivity index (χ2n) is 11.7. The van der Waals surface area contributed by atoms with Crippen molar-refractivity contribution in [3.8, 4) is 0 Å². The number of halogens is 1. The van der Waals surface area contributed by atoms with Gasteiger partial charge in [-0.25, -0.2) is 0 Å². The van der Waals surface area contributed by atoms with Crippen molar-refractivity contribution in [2.45, 2.75) is 79.8 Å². The quantitative estimate of drug-likeness (QED) is 0.309. The molecule has 10 aliphatic heterocycles. The van der Waals surface area contributed by atoms with Crippen molar-refractivity contribution >= 4 is 15.9 Å². The summed E-state index contributed by atoms with van der Waals surface area (Å²) >= 11 is 3.58. The van der Waals surface area contributed by atoms with Crippen molar-refractivity contribution in [1.29, 1.82) is 0 Å². The van der Waals surface area contributed by atoms with Gasteiger partial charge < -0.3 is 0 Å². The zero-order chi connectivity index (χ0) is 11.3. The van der Waals surface area contributed by atoms with Crippen molar-refractivity contribution in [3.05, 3.63) is 0 Å². The molecule has 10 heterocycles. The number of unbranched alkanes of at least 4 members (excludes halogenated alkanes) is 3. The van der Waals surface area contributed by atoms with Crippen LogP contribution in [0.1, 0.15) is 32.1 Å². The molecular formula is C16H21BrFe. The summed E-state index contributed by atoms with van der Waals surface area (Å²) in [7, 11) is 0. The molecule has 0 nitrogen and oxygen atoms in total. The predicted octanol–water partition coefficient (Wildman–Crippen LogP) is 6.09. The monoisotopic (exact) mass is 348 g/mol. The van der Waals surface area contributed by atoms with Crippen LogP contribution < -0.4 is 0 Å². The van der Waals surface area contributed by atoms with E-state index in [9.17, 15) is 0 Å². The SMILES string of the molecule is BrCCCCCC[C]12[CH]3[CH]4[CH]5[CH]1[Fe]45321678[CH]2[CH]1[CH]6[CH]7[CH]28. The summed E-state index contributed by atoms with van der Waals surface area (Å²) < 4.78 is 1.23. The van der Waals surface area contributed by atoms with Gasteiger partial charge in [0, 0.05) is 0 Å². The van der Waals surface area contributed by atoms with Gasteiger partial charge in [0.2, 0.25) is 0 Å². The molecule has 4 atom stereocenters. The molecule has 0 bridgehead atoms. The van der Waals surface area contributed by atoms with Crippen LogP contribution in [0.3, 0.4) is 0 Å². The minimum absolute atomic E-state index is 1.23. The average Bonchev–Trinajstić information content (AvgIpc) is 3.32. The van der Waals surface area contributed by atoms with E-state index in [1.807, 2.05) is 0 Å². The Bertz CT molecular complexity index is 849. The molecule has 0 radical (unpaired) electrons. The zero-order valence-electron chi connectivity index (χ0n) is 10.7. The molecule has 1 spiro atoms. The molecule has 0 amide bonds. The van der Waals surface area contributed by atoms with Crippen molar-refractivity contribution in [2.24, 2.45) is 0 Å². The first-order valence-corrected chi connectivity index (χ1v) is 15.8. The second kappa shape index (κ2) is 0.720. The molecule has 0 aromatic rings. The van der Waals surface area contributed by atoms with E-state index in [0.29, 0.717) is 0 Å². The van der Waals surface area contributed by atoms with Gasteiger partial charge in [0.05, 0.1) is 0 Å². The van der Waals surface area contributed by atoms with Crippen LogP contribution in [0.2, 0.25) is 47.7 Å². The normalized spacial score (nSPS) is 113. The van der Waals surface area contributed by atoms with Crippen LogP contribution >= 0.6 is 15.9 Å². The molecule has 0 aromatic carbocycles. The van der Waals surface area contributed by atoms with Crippen molar-refractivity contribution in [3.63, 3.8) is 0 Å². The summed E-state index contributed by atoms with van der Waals surface area (Å²) in [6.45, 7) is -2.63. The van der Waals surface area contributed by atoms with Gasteiger partial charge in [-0.05, 0) is 0 Å². The van der Waals surface area contributed by atoms with E-state index in [1.54, 1.807) is 62.6 Å². The fourth-order valence-corrected chi connectivity index (χ4v) is 93.9. The molecule has 10 aliphatic rings. The first-order valence-electron chi connectivity index (χ1n) is 8.38. The van der Waals surface area contributed by atoms with Gasteiger partial charge in [-0.1, -0.05) is 0 Å². The van der Waals surface area contributed by atoms with E-state index in [4.69, 9.17) is 0 Å². The van der Waals surface area contributed by atoms with E-state index in [0.717, 1.165) is 0 Å². The molecule has 0 N–H and O–H groups in total. The summed E-state index contributed by atoms with van der Waals surface area (Å²) in [4.78, 5) is 14.0. The molecule has 4 unspecified atom stereocenters. The Labute approximate surface area is 107 Å². The predicted molar refractivity (Wildman–Crippen MR) is 73.3 cm³/mol. The van der Waals surface area contributed by atoms with Gasteiger partial charge in [0.1, 0.15) is 0 Å². The molecule has 10 fully saturated rings. The van der Waals surface area contributed by atoms with Crippen LogP contribution in [-0.4, -0.2) is 5.33 Å². The number of hydrogen-bond acceptors (Lipinski definition) is 0. The number of fused-ring (bicyclic) bond motifs is 10. The van der Waals surface area contributed by atoms with Crippen molar-refractivity contribution in [1.82, 2.24) is 0 Å².